The standard InChI is InChI=1S/C19H26N2O3/c1-19(2,3)11-13-21(17(22)10-12-20)16(18(23)24-4)14-15-8-6-5-7-9-15/h5-9,16H,10-11,13-14H2,1-4H3. The number of hydrogen-bond acceptors (Lipinski definition) is 4. The Labute approximate surface area is 144 Å². The van der Waals surface area contributed by atoms with Crippen molar-refractivity contribution in [3.63, 3.8) is 0 Å². The molecule has 5 heteroatoms. The molecule has 1 aromatic carbocycles. The van der Waals surface area contributed by atoms with Gasteiger partial charge in [-0.3, -0.25) is 4.79 Å². The third-order valence-corrected chi connectivity index (χ3v) is 3.77. The molecule has 0 radical (unpaired) electrons. The molecule has 1 aromatic rings. The Bertz CT molecular complexity index is 585. The first kappa shape index (κ1) is 19.7. The molecule has 1 rings (SSSR count). The van der Waals surface area contributed by atoms with Crippen molar-refractivity contribution in [2.45, 2.75) is 46.1 Å². The van der Waals surface area contributed by atoms with Gasteiger partial charge in [0.15, 0.2) is 0 Å². The van der Waals surface area contributed by atoms with Crippen molar-refractivity contribution < 1.29 is 14.3 Å². The molecule has 0 aliphatic rings. The van der Waals surface area contributed by atoms with E-state index in [2.05, 4.69) is 20.8 Å². The molecular formula is C19H26N2O3. The summed E-state index contributed by atoms with van der Waals surface area (Å²) in [7, 11) is 1.32. The van der Waals surface area contributed by atoms with Crippen molar-refractivity contribution in [2.75, 3.05) is 13.7 Å². The van der Waals surface area contributed by atoms with Gasteiger partial charge in [0.2, 0.25) is 5.91 Å². The van der Waals surface area contributed by atoms with Crippen molar-refractivity contribution in [3.8, 4) is 6.07 Å². The maximum atomic E-state index is 12.4. The average Bonchev–Trinajstić information content (AvgIpc) is 2.53. The highest BCUT2D eigenvalue weighted by Crippen LogP contribution is 2.21. The van der Waals surface area contributed by atoms with Crippen LogP contribution in [0.1, 0.15) is 39.2 Å². The van der Waals surface area contributed by atoms with E-state index >= 15 is 0 Å². The highest BCUT2D eigenvalue weighted by Gasteiger charge is 2.31. The highest BCUT2D eigenvalue weighted by atomic mass is 16.5. The minimum Gasteiger partial charge on any atom is -0.467 e. The Morgan fingerprint density at radius 2 is 1.88 bits per heavy atom. The lowest BCUT2D eigenvalue weighted by atomic mass is 9.91. The average molecular weight is 330 g/mol. The molecule has 5 nitrogen and oxygen atoms in total. The molecule has 0 saturated heterocycles. The van der Waals surface area contributed by atoms with Crippen LogP contribution in [0.25, 0.3) is 0 Å². The van der Waals surface area contributed by atoms with Crippen LogP contribution in [0.2, 0.25) is 0 Å². The number of benzene rings is 1. The summed E-state index contributed by atoms with van der Waals surface area (Å²) in [5.41, 5.74) is 0.955. The molecular weight excluding hydrogens is 304 g/mol. The van der Waals surface area contributed by atoms with E-state index in [1.165, 1.54) is 12.0 Å². The molecule has 0 N–H and O–H groups in total. The third-order valence-electron chi connectivity index (χ3n) is 3.77. The second kappa shape index (κ2) is 9.07. The number of carbonyl (C=O) groups is 2. The van der Waals surface area contributed by atoms with E-state index in [9.17, 15) is 9.59 Å². The predicted molar refractivity (Wildman–Crippen MR) is 92.0 cm³/mol. The lowest BCUT2D eigenvalue weighted by molar-refractivity contribution is -0.152. The zero-order valence-electron chi connectivity index (χ0n) is 14.9. The summed E-state index contributed by atoms with van der Waals surface area (Å²) in [4.78, 5) is 26.2. The van der Waals surface area contributed by atoms with Gasteiger partial charge in [0.1, 0.15) is 12.5 Å². The lowest BCUT2D eigenvalue weighted by Crippen LogP contribution is -2.48. The number of rotatable bonds is 7. The number of nitriles is 1. The van der Waals surface area contributed by atoms with Crippen molar-refractivity contribution >= 4 is 11.9 Å². The maximum Gasteiger partial charge on any atom is 0.328 e. The van der Waals surface area contributed by atoms with E-state index in [1.807, 2.05) is 36.4 Å². The van der Waals surface area contributed by atoms with Gasteiger partial charge in [-0.1, -0.05) is 51.1 Å². The van der Waals surface area contributed by atoms with Crippen molar-refractivity contribution in [2.24, 2.45) is 5.41 Å². The molecule has 1 amide bonds. The predicted octanol–water partition coefficient (Wildman–Crippen LogP) is 2.95. The first-order chi connectivity index (χ1) is 11.3. The molecule has 1 atom stereocenters. The molecule has 1 unspecified atom stereocenters. The van der Waals surface area contributed by atoms with Gasteiger partial charge < -0.3 is 9.64 Å². The summed E-state index contributed by atoms with van der Waals surface area (Å²) < 4.78 is 4.91. The fraction of sp³-hybridized carbons (Fsp3) is 0.526. The van der Waals surface area contributed by atoms with E-state index in [-0.39, 0.29) is 17.7 Å². The van der Waals surface area contributed by atoms with Crippen LogP contribution in [0.5, 0.6) is 0 Å². The van der Waals surface area contributed by atoms with Crippen molar-refractivity contribution in [1.82, 2.24) is 4.90 Å². The number of nitrogens with zero attached hydrogens (tertiary/aromatic N) is 2. The molecule has 0 bridgehead atoms. The largest absolute Gasteiger partial charge is 0.467 e. The minimum atomic E-state index is -0.722. The van der Waals surface area contributed by atoms with Gasteiger partial charge in [-0.25, -0.2) is 4.79 Å². The van der Waals surface area contributed by atoms with Crippen LogP contribution in [0.15, 0.2) is 30.3 Å². The monoisotopic (exact) mass is 330 g/mol. The second-order valence-corrected chi connectivity index (χ2v) is 6.96. The van der Waals surface area contributed by atoms with Crippen LogP contribution < -0.4 is 0 Å². The lowest BCUT2D eigenvalue weighted by Gasteiger charge is -2.32. The smallest absolute Gasteiger partial charge is 0.328 e. The minimum absolute atomic E-state index is 0.0125. The Balaban J connectivity index is 3.06. The van der Waals surface area contributed by atoms with Gasteiger partial charge in [0.05, 0.1) is 13.2 Å². The van der Waals surface area contributed by atoms with Gasteiger partial charge in [0.25, 0.3) is 0 Å². The van der Waals surface area contributed by atoms with Crippen LogP contribution in [0.3, 0.4) is 0 Å². The van der Waals surface area contributed by atoms with Crippen LogP contribution in [0.4, 0.5) is 0 Å². The van der Waals surface area contributed by atoms with Crippen molar-refractivity contribution in [3.05, 3.63) is 35.9 Å². The first-order valence-corrected chi connectivity index (χ1v) is 8.06. The fourth-order valence-corrected chi connectivity index (χ4v) is 2.37. The fourth-order valence-electron chi connectivity index (χ4n) is 2.37. The van der Waals surface area contributed by atoms with Gasteiger partial charge >= 0.3 is 5.97 Å². The van der Waals surface area contributed by atoms with E-state index in [0.29, 0.717) is 13.0 Å². The summed E-state index contributed by atoms with van der Waals surface area (Å²) in [5.74, 6) is -0.799. The molecule has 0 aliphatic carbocycles. The summed E-state index contributed by atoms with van der Waals surface area (Å²) in [6.45, 7) is 6.63. The van der Waals surface area contributed by atoms with E-state index < -0.39 is 12.0 Å². The summed E-state index contributed by atoms with van der Waals surface area (Å²) >= 11 is 0. The van der Waals surface area contributed by atoms with E-state index in [0.717, 1.165) is 12.0 Å². The molecule has 0 saturated carbocycles. The van der Waals surface area contributed by atoms with Crippen LogP contribution in [-0.2, 0) is 20.7 Å². The van der Waals surface area contributed by atoms with Gasteiger partial charge in [-0.2, -0.15) is 5.26 Å². The van der Waals surface area contributed by atoms with Crippen LogP contribution in [-0.4, -0.2) is 36.5 Å². The molecule has 0 fully saturated rings. The molecule has 130 valence electrons. The summed E-state index contributed by atoms with van der Waals surface area (Å²) in [6, 6.07) is 10.7. The number of ether oxygens (including phenoxy) is 1. The molecule has 0 spiro atoms. The first-order valence-electron chi connectivity index (χ1n) is 8.06. The zero-order chi connectivity index (χ0) is 18.2. The molecule has 0 aliphatic heterocycles. The topological polar surface area (TPSA) is 70.4 Å². The number of hydrogen-bond donors (Lipinski definition) is 0. The highest BCUT2D eigenvalue weighted by molar-refractivity contribution is 5.85. The normalized spacial score (nSPS) is 12.1. The maximum absolute atomic E-state index is 12.4. The zero-order valence-corrected chi connectivity index (χ0v) is 14.9. The quantitative estimate of drug-likeness (QED) is 0.721. The van der Waals surface area contributed by atoms with E-state index in [1.54, 1.807) is 0 Å². The second-order valence-electron chi connectivity index (χ2n) is 6.96. The Hall–Kier alpha value is -2.35. The molecule has 24 heavy (non-hydrogen) atoms. The molecule has 0 heterocycles. The van der Waals surface area contributed by atoms with Gasteiger partial charge in [0, 0.05) is 13.0 Å². The number of esters is 1. The van der Waals surface area contributed by atoms with Crippen LogP contribution >= 0.6 is 0 Å². The Morgan fingerprint density at radius 1 is 1.25 bits per heavy atom. The molecule has 0 aromatic heterocycles. The van der Waals surface area contributed by atoms with Crippen molar-refractivity contribution in [1.29, 1.82) is 5.26 Å². The Kier molecular flexibility index (Phi) is 7.44. The van der Waals surface area contributed by atoms with Gasteiger partial charge in [-0.05, 0) is 17.4 Å². The van der Waals surface area contributed by atoms with Gasteiger partial charge in [-0.15, -0.1) is 0 Å². The SMILES string of the molecule is COC(=O)C(Cc1ccccc1)N(CCC(C)(C)C)C(=O)CC#N. The summed E-state index contributed by atoms with van der Waals surface area (Å²) in [5, 5.41) is 8.87. The number of carbonyl (C=O) groups excluding carboxylic acids is 2. The summed E-state index contributed by atoms with van der Waals surface area (Å²) in [6.07, 6.45) is 0.855. The number of amides is 1. The number of methoxy groups -OCH3 is 1. The van der Waals surface area contributed by atoms with Crippen LogP contribution in [0, 0.1) is 16.7 Å². The third kappa shape index (κ3) is 6.41. The van der Waals surface area contributed by atoms with E-state index in [4.69, 9.17) is 10.00 Å². The Morgan fingerprint density at radius 3 is 2.38 bits per heavy atom.